The normalized spacial score (nSPS) is 21.5. The molecule has 0 bridgehead atoms. The zero-order valence-corrected chi connectivity index (χ0v) is 16.8. The summed E-state index contributed by atoms with van der Waals surface area (Å²) in [6, 6.07) is 6.22. The Labute approximate surface area is 169 Å². The topological polar surface area (TPSA) is 105 Å². The standard InChI is InChI=1S/C19H23N7O2S/c27-29(28)9-2-1-8-26(29)19-13-25-16(11-21-18(25)12-22-19)15-4-3-5-17(24-15)23-14-6-7-20-10-14/h3-5,11-14,20H,1-2,6-10H2,(H,23,24)/t14-/m1/s1. The third-order valence-electron chi connectivity index (χ3n) is 5.41. The summed E-state index contributed by atoms with van der Waals surface area (Å²) in [5.74, 6) is 1.40. The van der Waals surface area contributed by atoms with E-state index in [1.165, 1.54) is 4.31 Å². The number of sulfonamides is 1. The van der Waals surface area contributed by atoms with Crippen LogP contribution in [0.5, 0.6) is 0 Å². The minimum atomic E-state index is -3.32. The molecule has 0 radical (unpaired) electrons. The summed E-state index contributed by atoms with van der Waals surface area (Å²) in [6.07, 6.45) is 7.69. The number of nitrogens with one attached hydrogen (secondary N) is 2. The number of nitrogens with zero attached hydrogens (tertiary/aromatic N) is 5. The number of aromatic nitrogens is 4. The first-order valence-corrected chi connectivity index (χ1v) is 11.5. The van der Waals surface area contributed by atoms with E-state index in [1.807, 2.05) is 22.6 Å². The molecule has 10 heteroatoms. The summed E-state index contributed by atoms with van der Waals surface area (Å²) in [4.78, 5) is 13.5. The van der Waals surface area contributed by atoms with Crippen LogP contribution in [0.2, 0.25) is 0 Å². The second-order valence-electron chi connectivity index (χ2n) is 7.45. The molecule has 2 fully saturated rings. The number of rotatable bonds is 4. The zero-order chi connectivity index (χ0) is 19.8. The van der Waals surface area contributed by atoms with Gasteiger partial charge in [-0.1, -0.05) is 6.07 Å². The van der Waals surface area contributed by atoms with Gasteiger partial charge in [0.15, 0.2) is 11.5 Å². The summed E-state index contributed by atoms with van der Waals surface area (Å²) < 4.78 is 28.2. The lowest BCUT2D eigenvalue weighted by atomic mass is 10.2. The van der Waals surface area contributed by atoms with Crippen LogP contribution in [0.15, 0.2) is 36.8 Å². The number of anilines is 2. The maximum absolute atomic E-state index is 12.5. The van der Waals surface area contributed by atoms with Gasteiger partial charge in [-0.25, -0.2) is 23.4 Å². The third kappa shape index (κ3) is 3.53. The fraction of sp³-hybridized carbons (Fsp3) is 0.421. The van der Waals surface area contributed by atoms with Gasteiger partial charge in [-0.3, -0.25) is 8.71 Å². The van der Waals surface area contributed by atoms with Gasteiger partial charge in [0.25, 0.3) is 0 Å². The lowest BCUT2D eigenvalue weighted by Crippen LogP contribution is -2.38. The lowest BCUT2D eigenvalue weighted by molar-refractivity contribution is 0.573. The van der Waals surface area contributed by atoms with Gasteiger partial charge in [0.1, 0.15) is 5.82 Å². The average molecular weight is 414 g/mol. The fourth-order valence-electron chi connectivity index (χ4n) is 3.89. The Morgan fingerprint density at radius 2 is 2.10 bits per heavy atom. The number of fused-ring (bicyclic) bond motifs is 1. The van der Waals surface area contributed by atoms with Gasteiger partial charge >= 0.3 is 0 Å². The molecule has 3 aromatic rings. The van der Waals surface area contributed by atoms with Crippen molar-refractivity contribution >= 4 is 27.3 Å². The third-order valence-corrected chi connectivity index (χ3v) is 7.26. The highest BCUT2D eigenvalue weighted by atomic mass is 32.2. The van der Waals surface area contributed by atoms with E-state index in [4.69, 9.17) is 4.98 Å². The molecule has 5 heterocycles. The molecule has 152 valence electrons. The van der Waals surface area contributed by atoms with E-state index in [1.54, 1.807) is 18.6 Å². The molecule has 9 nitrogen and oxygen atoms in total. The summed E-state index contributed by atoms with van der Waals surface area (Å²) >= 11 is 0. The van der Waals surface area contributed by atoms with E-state index < -0.39 is 10.0 Å². The Balaban J connectivity index is 1.51. The average Bonchev–Trinajstić information content (AvgIpc) is 3.37. The van der Waals surface area contributed by atoms with Crippen molar-refractivity contribution in [2.75, 3.05) is 35.0 Å². The quantitative estimate of drug-likeness (QED) is 0.668. The Morgan fingerprint density at radius 3 is 2.93 bits per heavy atom. The molecular weight excluding hydrogens is 390 g/mol. The molecule has 2 aliphatic heterocycles. The van der Waals surface area contributed by atoms with E-state index in [2.05, 4.69) is 20.6 Å². The Kier molecular flexibility index (Phi) is 4.59. The van der Waals surface area contributed by atoms with E-state index in [0.29, 0.717) is 30.5 Å². The smallest absolute Gasteiger partial charge is 0.236 e. The number of pyridine rings is 1. The van der Waals surface area contributed by atoms with Gasteiger partial charge in [-0.2, -0.15) is 0 Å². The summed E-state index contributed by atoms with van der Waals surface area (Å²) in [6.45, 7) is 2.40. The molecule has 1 atom stereocenters. The van der Waals surface area contributed by atoms with Crippen molar-refractivity contribution in [1.29, 1.82) is 0 Å². The molecule has 0 unspecified atom stereocenters. The highest BCUT2D eigenvalue weighted by Crippen LogP contribution is 2.25. The molecule has 0 saturated carbocycles. The van der Waals surface area contributed by atoms with Gasteiger partial charge in [-0.15, -0.1) is 0 Å². The van der Waals surface area contributed by atoms with Crippen LogP contribution >= 0.6 is 0 Å². The summed E-state index contributed by atoms with van der Waals surface area (Å²) in [7, 11) is -3.32. The Bertz CT molecular complexity index is 1140. The monoisotopic (exact) mass is 413 g/mol. The van der Waals surface area contributed by atoms with E-state index >= 15 is 0 Å². The van der Waals surface area contributed by atoms with Crippen LogP contribution in [0.1, 0.15) is 19.3 Å². The number of hydrogen-bond acceptors (Lipinski definition) is 7. The lowest BCUT2D eigenvalue weighted by Gasteiger charge is -2.27. The molecule has 5 rings (SSSR count). The van der Waals surface area contributed by atoms with Crippen LogP contribution in [0.25, 0.3) is 17.0 Å². The van der Waals surface area contributed by atoms with Gasteiger partial charge < -0.3 is 10.6 Å². The SMILES string of the molecule is O=S1(=O)CCCCN1c1cn2c(-c3cccc(N[C@@H]4CCNC4)n3)cnc2cn1. The first-order chi connectivity index (χ1) is 14.1. The van der Waals surface area contributed by atoms with E-state index in [0.717, 1.165) is 43.1 Å². The first-order valence-electron chi connectivity index (χ1n) is 9.88. The first kappa shape index (κ1) is 18.3. The van der Waals surface area contributed by atoms with Crippen molar-refractivity contribution in [3.05, 3.63) is 36.8 Å². The van der Waals surface area contributed by atoms with Crippen molar-refractivity contribution < 1.29 is 8.42 Å². The van der Waals surface area contributed by atoms with Gasteiger partial charge in [0.05, 0.1) is 35.7 Å². The van der Waals surface area contributed by atoms with Crippen molar-refractivity contribution in [3.63, 3.8) is 0 Å². The maximum Gasteiger partial charge on any atom is 0.236 e. The predicted octanol–water partition coefficient (Wildman–Crippen LogP) is 1.50. The molecule has 0 spiro atoms. The molecule has 0 aliphatic carbocycles. The predicted molar refractivity (Wildman–Crippen MR) is 111 cm³/mol. The van der Waals surface area contributed by atoms with Crippen LogP contribution in [-0.4, -0.2) is 59.2 Å². The van der Waals surface area contributed by atoms with Gasteiger partial charge in [0, 0.05) is 19.1 Å². The van der Waals surface area contributed by atoms with Crippen LogP contribution < -0.4 is 14.9 Å². The summed E-state index contributed by atoms with van der Waals surface area (Å²) in [5.41, 5.74) is 2.22. The minimum absolute atomic E-state index is 0.162. The number of imidazole rings is 1. The highest BCUT2D eigenvalue weighted by Gasteiger charge is 2.27. The fourth-order valence-corrected chi connectivity index (χ4v) is 5.46. The molecule has 2 saturated heterocycles. The second kappa shape index (κ2) is 7.27. The Hall–Kier alpha value is -2.72. The Morgan fingerprint density at radius 1 is 1.17 bits per heavy atom. The van der Waals surface area contributed by atoms with Crippen molar-refractivity contribution in [1.82, 2.24) is 24.7 Å². The maximum atomic E-state index is 12.5. The van der Waals surface area contributed by atoms with E-state index in [9.17, 15) is 8.42 Å². The molecular formula is C19H23N7O2S. The van der Waals surface area contributed by atoms with Crippen molar-refractivity contribution in [3.8, 4) is 11.4 Å². The van der Waals surface area contributed by atoms with Crippen LogP contribution in [-0.2, 0) is 10.0 Å². The zero-order valence-electron chi connectivity index (χ0n) is 16.0. The van der Waals surface area contributed by atoms with Crippen LogP contribution in [0.3, 0.4) is 0 Å². The minimum Gasteiger partial charge on any atom is -0.366 e. The molecule has 3 aromatic heterocycles. The van der Waals surface area contributed by atoms with Crippen molar-refractivity contribution in [2.24, 2.45) is 0 Å². The van der Waals surface area contributed by atoms with Gasteiger partial charge in [-0.05, 0) is 37.9 Å². The van der Waals surface area contributed by atoms with Crippen LogP contribution in [0.4, 0.5) is 11.6 Å². The largest absolute Gasteiger partial charge is 0.366 e. The number of hydrogen-bond donors (Lipinski definition) is 2. The molecule has 29 heavy (non-hydrogen) atoms. The second-order valence-corrected chi connectivity index (χ2v) is 9.47. The van der Waals surface area contributed by atoms with E-state index in [-0.39, 0.29) is 5.75 Å². The summed E-state index contributed by atoms with van der Waals surface area (Å²) in [5, 5.41) is 6.80. The molecule has 0 aromatic carbocycles. The van der Waals surface area contributed by atoms with Crippen molar-refractivity contribution in [2.45, 2.75) is 25.3 Å². The van der Waals surface area contributed by atoms with Crippen LogP contribution in [0, 0.1) is 0 Å². The molecule has 2 N–H and O–H groups in total. The molecule has 0 amide bonds. The van der Waals surface area contributed by atoms with Gasteiger partial charge in [0.2, 0.25) is 10.0 Å². The molecule has 2 aliphatic rings. The highest BCUT2D eigenvalue weighted by molar-refractivity contribution is 7.92.